The first-order valence-corrected chi connectivity index (χ1v) is 9.11. The molecule has 0 amide bonds. The average Bonchev–Trinajstić information content (AvgIpc) is 3.06. The molecule has 2 aromatic heterocycles. The third-order valence-corrected chi connectivity index (χ3v) is 4.84. The van der Waals surface area contributed by atoms with Gasteiger partial charge in [0, 0.05) is 25.8 Å². The van der Waals surface area contributed by atoms with Crippen LogP contribution in [-0.4, -0.2) is 54.3 Å². The third kappa shape index (κ3) is 4.25. The molecule has 0 N–H and O–H groups in total. The number of ether oxygens (including phenoxy) is 3. The summed E-state index contributed by atoms with van der Waals surface area (Å²) in [5, 5.41) is 0.592. The Morgan fingerprint density at radius 2 is 1.88 bits per heavy atom. The Morgan fingerprint density at radius 3 is 2.68 bits per heavy atom. The lowest BCUT2D eigenvalue weighted by Crippen LogP contribution is -2.38. The fourth-order valence-corrected chi connectivity index (χ4v) is 3.41. The topological polar surface area (TPSA) is 56.7 Å². The first-order chi connectivity index (χ1) is 12.4. The lowest BCUT2D eigenvalue weighted by molar-refractivity contribution is 0.0322. The number of hydrogen-bond donors (Lipinski definition) is 0. The van der Waals surface area contributed by atoms with Crippen molar-refractivity contribution in [2.75, 3.05) is 39.5 Å². The Kier molecular flexibility index (Phi) is 5.06. The summed E-state index contributed by atoms with van der Waals surface area (Å²) in [6, 6.07) is 11.5. The van der Waals surface area contributed by atoms with Crippen molar-refractivity contribution >= 4 is 21.7 Å². The van der Waals surface area contributed by atoms with Crippen LogP contribution in [0.3, 0.4) is 0 Å². The molecule has 1 aliphatic rings. The van der Waals surface area contributed by atoms with Gasteiger partial charge in [-0.25, -0.2) is 4.98 Å². The van der Waals surface area contributed by atoms with Gasteiger partial charge in [-0.1, -0.05) is 11.3 Å². The summed E-state index contributed by atoms with van der Waals surface area (Å²) < 4.78 is 18.0. The van der Waals surface area contributed by atoms with E-state index in [0.717, 1.165) is 49.0 Å². The summed E-state index contributed by atoms with van der Waals surface area (Å²) >= 11 is 1.48. The Balaban J connectivity index is 1.30. The molecule has 1 saturated heterocycles. The van der Waals surface area contributed by atoms with Crippen molar-refractivity contribution in [3.05, 3.63) is 42.6 Å². The van der Waals surface area contributed by atoms with Crippen molar-refractivity contribution in [2.45, 2.75) is 0 Å². The van der Waals surface area contributed by atoms with E-state index < -0.39 is 0 Å². The number of benzene rings is 1. The Hall–Kier alpha value is -2.22. The minimum atomic E-state index is 0.592. The second-order valence-electron chi connectivity index (χ2n) is 5.68. The van der Waals surface area contributed by atoms with E-state index in [4.69, 9.17) is 14.2 Å². The second-order valence-corrected chi connectivity index (χ2v) is 6.67. The molecule has 4 rings (SSSR count). The van der Waals surface area contributed by atoms with Gasteiger partial charge in [0.25, 0.3) is 5.19 Å². The van der Waals surface area contributed by atoms with Crippen LogP contribution in [0, 0.1) is 0 Å². The highest BCUT2D eigenvalue weighted by Gasteiger charge is 2.10. The zero-order valence-electron chi connectivity index (χ0n) is 13.8. The molecule has 130 valence electrons. The highest BCUT2D eigenvalue weighted by Crippen LogP contribution is 2.30. The van der Waals surface area contributed by atoms with E-state index in [1.807, 2.05) is 36.4 Å². The quantitative estimate of drug-likeness (QED) is 0.675. The van der Waals surface area contributed by atoms with Gasteiger partial charge in [-0.15, -0.1) is 0 Å². The van der Waals surface area contributed by atoms with Gasteiger partial charge in [0.2, 0.25) is 0 Å². The maximum absolute atomic E-state index is 5.81. The van der Waals surface area contributed by atoms with E-state index in [2.05, 4.69) is 14.9 Å². The molecule has 0 bridgehead atoms. The van der Waals surface area contributed by atoms with Crippen LogP contribution in [0.25, 0.3) is 10.3 Å². The van der Waals surface area contributed by atoms with Gasteiger partial charge in [0.1, 0.15) is 18.1 Å². The van der Waals surface area contributed by atoms with Gasteiger partial charge in [-0.2, -0.15) is 4.98 Å². The van der Waals surface area contributed by atoms with Gasteiger partial charge in [0.05, 0.1) is 17.9 Å². The van der Waals surface area contributed by atoms with Gasteiger partial charge in [0.15, 0.2) is 5.65 Å². The number of rotatable bonds is 6. The molecule has 0 unspecified atom stereocenters. The predicted octanol–water partition coefficient (Wildman–Crippen LogP) is 3.19. The number of aromatic nitrogens is 2. The van der Waals surface area contributed by atoms with Crippen molar-refractivity contribution in [1.82, 2.24) is 14.9 Å². The van der Waals surface area contributed by atoms with E-state index in [0.29, 0.717) is 17.4 Å². The summed E-state index contributed by atoms with van der Waals surface area (Å²) in [4.78, 5) is 10.9. The van der Waals surface area contributed by atoms with Crippen molar-refractivity contribution in [2.24, 2.45) is 0 Å². The molecule has 0 saturated carbocycles. The van der Waals surface area contributed by atoms with Crippen LogP contribution < -0.4 is 9.47 Å². The molecule has 0 radical (unpaired) electrons. The van der Waals surface area contributed by atoms with Crippen molar-refractivity contribution in [3.8, 4) is 16.7 Å². The molecule has 0 spiro atoms. The second kappa shape index (κ2) is 7.77. The van der Waals surface area contributed by atoms with Crippen LogP contribution in [-0.2, 0) is 4.74 Å². The molecule has 7 heteroatoms. The fourth-order valence-electron chi connectivity index (χ4n) is 2.61. The summed E-state index contributed by atoms with van der Waals surface area (Å²) in [7, 11) is 0. The van der Waals surface area contributed by atoms with Crippen LogP contribution in [0.2, 0.25) is 0 Å². The molecule has 25 heavy (non-hydrogen) atoms. The first kappa shape index (κ1) is 16.3. The summed E-state index contributed by atoms with van der Waals surface area (Å²) in [5.74, 6) is 1.58. The number of nitrogens with zero attached hydrogens (tertiary/aromatic N) is 3. The van der Waals surface area contributed by atoms with Crippen LogP contribution >= 0.6 is 11.3 Å². The largest absolute Gasteiger partial charge is 0.492 e. The van der Waals surface area contributed by atoms with Crippen LogP contribution in [0.1, 0.15) is 0 Å². The Morgan fingerprint density at radius 1 is 1.08 bits per heavy atom. The van der Waals surface area contributed by atoms with E-state index in [1.165, 1.54) is 11.3 Å². The van der Waals surface area contributed by atoms with E-state index in [1.54, 1.807) is 6.20 Å². The SMILES string of the molecule is c1cnc2nc(Oc3ccc(OCCN4CCOCC4)cc3)sc2c1. The van der Waals surface area contributed by atoms with Crippen LogP contribution in [0.5, 0.6) is 16.7 Å². The average molecular weight is 357 g/mol. The maximum Gasteiger partial charge on any atom is 0.281 e. The summed E-state index contributed by atoms with van der Waals surface area (Å²) in [6.07, 6.45) is 1.73. The van der Waals surface area contributed by atoms with Crippen LogP contribution in [0.4, 0.5) is 0 Å². The number of hydrogen-bond acceptors (Lipinski definition) is 7. The lowest BCUT2D eigenvalue weighted by Gasteiger charge is -2.26. The number of morpholine rings is 1. The Bertz CT molecular complexity index is 783. The molecule has 1 aliphatic heterocycles. The summed E-state index contributed by atoms with van der Waals surface area (Å²) in [6.45, 7) is 5.17. The normalized spacial score (nSPS) is 15.4. The van der Waals surface area contributed by atoms with Gasteiger partial charge >= 0.3 is 0 Å². The van der Waals surface area contributed by atoms with Gasteiger partial charge in [-0.05, 0) is 36.4 Å². The Labute approximate surface area is 150 Å². The van der Waals surface area contributed by atoms with Gasteiger partial charge in [-0.3, -0.25) is 4.90 Å². The standard InChI is InChI=1S/C18H19N3O3S/c1-2-16-17(19-7-1)20-18(25-16)24-15-5-3-14(4-6-15)23-13-10-21-8-11-22-12-9-21/h1-7H,8-13H2. The third-order valence-electron chi connectivity index (χ3n) is 3.95. The molecule has 0 atom stereocenters. The van der Waals surface area contributed by atoms with Gasteiger partial charge < -0.3 is 14.2 Å². The number of thiazole rings is 1. The van der Waals surface area contributed by atoms with Crippen LogP contribution in [0.15, 0.2) is 42.6 Å². The first-order valence-electron chi connectivity index (χ1n) is 8.29. The zero-order chi connectivity index (χ0) is 16.9. The number of fused-ring (bicyclic) bond motifs is 1. The summed E-state index contributed by atoms with van der Waals surface area (Å²) in [5.41, 5.74) is 0.713. The fraction of sp³-hybridized carbons (Fsp3) is 0.333. The minimum Gasteiger partial charge on any atom is -0.492 e. The smallest absolute Gasteiger partial charge is 0.281 e. The van der Waals surface area contributed by atoms with E-state index in [-0.39, 0.29) is 0 Å². The predicted molar refractivity (Wildman–Crippen MR) is 96.7 cm³/mol. The van der Waals surface area contributed by atoms with Crippen molar-refractivity contribution in [1.29, 1.82) is 0 Å². The van der Waals surface area contributed by atoms with E-state index >= 15 is 0 Å². The molecular formula is C18H19N3O3S. The molecular weight excluding hydrogens is 338 g/mol. The molecule has 6 nitrogen and oxygen atoms in total. The lowest BCUT2D eigenvalue weighted by atomic mass is 10.3. The van der Waals surface area contributed by atoms with Crippen molar-refractivity contribution < 1.29 is 14.2 Å². The molecule has 0 aliphatic carbocycles. The van der Waals surface area contributed by atoms with E-state index in [9.17, 15) is 0 Å². The monoisotopic (exact) mass is 357 g/mol. The van der Waals surface area contributed by atoms with Crippen molar-refractivity contribution in [3.63, 3.8) is 0 Å². The molecule has 3 heterocycles. The maximum atomic E-state index is 5.81. The molecule has 1 fully saturated rings. The molecule has 3 aromatic rings. The number of pyridine rings is 1. The zero-order valence-corrected chi connectivity index (χ0v) is 14.6. The molecule has 1 aromatic carbocycles. The highest BCUT2D eigenvalue weighted by molar-refractivity contribution is 7.20. The minimum absolute atomic E-state index is 0.592. The highest BCUT2D eigenvalue weighted by atomic mass is 32.1.